The van der Waals surface area contributed by atoms with E-state index < -0.39 is 33.7 Å². The molecule has 59 heavy (non-hydrogen) atoms. The number of rotatable bonds is 22. The Morgan fingerprint density at radius 2 is 0.949 bits per heavy atom. The van der Waals surface area contributed by atoms with Gasteiger partial charge in [0.05, 0.1) is 5.41 Å². The first-order valence-electron chi connectivity index (χ1n) is 19.8. The van der Waals surface area contributed by atoms with Crippen molar-refractivity contribution in [2.45, 2.75) is 79.0 Å². The molecule has 0 saturated heterocycles. The van der Waals surface area contributed by atoms with Crippen molar-refractivity contribution in [3.05, 3.63) is 129 Å². The minimum Gasteiger partial charge on any atom is -0.0619 e. The average Bonchev–Trinajstić information content (AvgIpc) is 3.91. The minimum absolute atomic E-state index is 0.485. The molecule has 2 heterocycles. The van der Waals surface area contributed by atoms with E-state index in [1.807, 2.05) is 13.8 Å². The van der Waals surface area contributed by atoms with Crippen LogP contribution >= 0.6 is 68.9 Å². The van der Waals surface area contributed by atoms with Gasteiger partial charge in [0.15, 0.2) is 0 Å². The number of fused-ring (bicyclic) bond motifs is 3. The summed E-state index contributed by atoms with van der Waals surface area (Å²) in [5.74, 6) is 3.80. The van der Waals surface area contributed by atoms with Crippen molar-refractivity contribution < 1.29 is 25.5 Å². The molecule has 310 valence electrons. The van der Waals surface area contributed by atoms with E-state index in [0.29, 0.717) is 19.4 Å². The van der Waals surface area contributed by atoms with Crippen LogP contribution in [0.25, 0.3) is 11.1 Å². The molecule has 6 nitrogen and oxygen atoms in total. The van der Waals surface area contributed by atoms with Crippen LogP contribution in [0.1, 0.15) is 83.4 Å². The van der Waals surface area contributed by atoms with Gasteiger partial charge in [0.25, 0.3) is 0 Å². The Kier molecular flexibility index (Phi) is 16.6. The fraction of sp³-hybridized carbons (Fsp3) is 0.333. The van der Waals surface area contributed by atoms with Gasteiger partial charge in [0, 0.05) is 0 Å². The summed E-state index contributed by atoms with van der Waals surface area (Å²) in [5, 5.41) is 0. The molecule has 1 aliphatic carbocycles. The van der Waals surface area contributed by atoms with Gasteiger partial charge >= 0.3 is 249 Å². The van der Waals surface area contributed by atoms with Crippen LogP contribution in [0.5, 0.6) is 11.5 Å². The Labute approximate surface area is 380 Å². The van der Waals surface area contributed by atoms with Gasteiger partial charge < -0.3 is 0 Å². The third kappa shape index (κ3) is 10.9. The molecule has 6 aromatic rings. The molecule has 0 aliphatic heterocycles. The van der Waals surface area contributed by atoms with Crippen LogP contribution in [0, 0.1) is 13.8 Å². The summed E-state index contributed by atoms with van der Waals surface area (Å²) in [6.45, 7) is 5.43. The molecule has 0 saturated carbocycles. The van der Waals surface area contributed by atoms with Crippen LogP contribution < -0.4 is 15.7 Å². The third-order valence-corrected chi connectivity index (χ3v) is 24.1. The number of hydrogen-bond donors (Lipinski definition) is 2. The fourth-order valence-electron chi connectivity index (χ4n) is 7.53. The first-order valence-corrected chi connectivity index (χ1v) is 29.6. The summed E-state index contributed by atoms with van der Waals surface area (Å²) < 4.78 is 58.1. The van der Waals surface area contributed by atoms with E-state index >= 15 is 0 Å². The number of ether oxygens (including phenoxy) is 2. The van der Waals surface area contributed by atoms with Crippen molar-refractivity contribution >= 4 is 103 Å². The van der Waals surface area contributed by atoms with Gasteiger partial charge in [-0.2, -0.15) is 0 Å². The second-order valence-electron chi connectivity index (χ2n) is 14.2. The summed E-state index contributed by atoms with van der Waals surface area (Å²) >= 11 is 3.88. The van der Waals surface area contributed by atoms with Gasteiger partial charge in [-0.3, -0.25) is 0 Å². The van der Waals surface area contributed by atoms with E-state index in [1.54, 1.807) is 23.5 Å². The second-order valence-corrected chi connectivity index (χ2v) is 28.1. The van der Waals surface area contributed by atoms with Gasteiger partial charge in [-0.15, -0.1) is 0 Å². The average molecular weight is 1040 g/mol. The monoisotopic (exact) mass is 1040 g/mol. The van der Waals surface area contributed by atoms with E-state index in [1.165, 1.54) is 87.1 Å². The standard InChI is InChI=1S/C45H46O6S6Se2/c1-31-41(56-43(54-31)58(46)47)52-29-13-5-3-11-27-50-35-23-19-33(20-24-35)45(39-17-9-7-15-37(39)38-16-8-10-18-40(38)45)34-21-25-36(26-22-34)51-28-12-4-6-14-30-53-42-32(2)55-44(57-42)59(48)49/h7-10,15-26H,3-6,11-14,27-30H2,1-2H3/p+2. The summed E-state index contributed by atoms with van der Waals surface area (Å²) in [6.07, 6.45) is 8.71. The molecule has 0 amide bonds. The fourth-order valence-corrected chi connectivity index (χ4v) is 20.1. The van der Waals surface area contributed by atoms with E-state index in [4.69, 9.17) is 9.47 Å². The molecule has 0 fully saturated rings. The Morgan fingerprint density at radius 1 is 0.559 bits per heavy atom. The second kappa shape index (κ2) is 21.8. The van der Waals surface area contributed by atoms with Gasteiger partial charge in [0.2, 0.25) is 0 Å². The normalized spacial score (nSPS) is 13.8. The maximum absolute atomic E-state index is 11.5. The van der Waals surface area contributed by atoms with Gasteiger partial charge in [-0.25, -0.2) is 0 Å². The zero-order valence-corrected chi connectivity index (χ0v) is 41.3. The van der Waals surface area contributed by atoms with Crippen molar-refractivity contribution in [3.63, 3.8) is 0 Å². The van der Waals surface area contributed by atoms with Crippen LogP contribution in [0.3, 0.4) is 0 Å². The van der Waals surface area contributed by atoms with Crippen molar-refractivity contribution in [2.75, 3.05) is 24.7 Å². The maximum Gasteiger partial charge on any atom is -0.0133 e. The number of benzene rings is 4. The number of thioether (sulfide) groups is 2. The van der Waals surface area contributed by atoms with E-state index in [9.17, 15) is 16.0 Å². The molecule has 2 atom stereocenters. The first kappa shape index (κ1) is 44.9. The van der Waals surface area contributed by atoms with E-state index in [0.717, 1.165) is 84.1 Å². The molecule has 0 radical (unpaired) electrons. The number of hydrogen-bond acceptors (Lipinski definition) is 8. The summed E-state index contributed by atoms with van der Waals surface area (Å²) in [6, 6.07) is 35.0. The van der Waals surface area contributed by atoms with Crippen LogP contribution in [-0.2, 0) is 13.1 Å². The van der Waals surface area contributed by atoms with Crippen LogP contribution in [-0.4, -0.2) is 61.4 Å². The van der Waals surface area contributed by atoms with Crippen LogP contribution in [0.4, 0.5) is 0 Å². The number of aryl methyl sites for hydroxylation is 2. The van der Waals surface area contributed by atoms with E-state index in [-0.39, 0.29) is 0 Å². The van der Waals surface area contributed by atoms with Crippen molar-refractivity contribution in [2.24, 2.45) is 0 Å². The molecular weight excluding hydrogens is 987 g/mol. The number of unbranched alkanes of at least 4 members (excludes halogenated alkanes) is 6. The molecule has 2 N–H and O–H groups in total. The summed E-state index contributed by atoms with van der Waals surface area (Å²) in [4.78, 5) is 2.30. The Hall–Kier alpha value is -2.16. The molecule has 2 unspecified atom stereocenters. The quantitative estimate of drug-likeness (QED) is 0.0300. The summed E-state index contributed by atoms with van der Waals surface area (Å²) in [5.41, 5.74) is 7.00. The zero-order chi connectivity index (χ0) is 41.2. The predicted molar refractivity (Wildman–Crippen MR) is 252 cm³/mol. The van der Waals surface area contributed by atoms with Crippen LogP contribution in [0.15, 0.2) is 105 Å². The van der Waals surface area contributed by atoms with Crippen molar-refractivity contribution in [1.29, 1.82) is 0 Å². The molecule has 4 aromatic carbocycles. The molecule has 0 spiro atoms. The van der Waals surface area contributed by atoms with Crippen molar-refractivity contribution in [3.8, 4) is 22.6 Å². The van der Waals surface area contributed by atoms with Gasteiger partial charge in [0.1, 0.15) is 0 Å². The van der Waals surface area contributed by atoms with Gasteiger partial charge in [-0.1, -0.05) is 72.8 Å². The largest absolute Gasteiger partial charge is 0.0619 e. The van der Waals surface area contributed by atoms with Gasteiger partial charge in [-0.05, 0) is 57.6 Å². The predicted octanol–water partition coefficient (Wildman–Crippen LogP) is 11.2. The molecule has 1 aliphatic rings. The Morgan fingerprint density at radius 3 is 1.34 bits per heavy atom. The maximum atomic E-state index is 11.5. The molecule has 2 aromatic heterocycles. The first-order chi connectivity index (χ1) is 28.8. The SMILES string of the molecule is Cc1sc([Se](=O)O)[s+]c1SCCCCCCOc1ccc(C2(c3ccc(OCCCCCCSc4[s+]c([Se](=O)O)sc4C)cc3)c3ccccc3-c3ccccc32)cc1. The van der Waals surface area contributed by atoms with Crippen LogP contribution in [0.2, 0.25) is 0 Å². The molecular formula is C45H48O6S6Se2+2. The molecule has 14 heteroatoms. The zero-order valence-electron chi connectivity index (χ0n) is 33.0. The van der Waals surface area contributed by atoms with Crippen molar-refractivity contribution in [1.82, 2.24) is 0 Å². The molecule has 7 rings (SSSR count). The Balaban J connectivity index is 0.932. The summed E-state index contributed by atoms with van der Waals surface area (Å²) in [7, 11) is 0. The molecule has 0 bridgehead atoms. The topological polar surface area (TPSA) is 93.1 Å². The minimum atomic E-state index is -2.81. The van der Waals surface area contributed by atoms with E-state index in [2.05, 4.69) is 97.1 Å². The Bertz CT molecular complexity index is 2200. The smallest absolute Gasteiger partial charge is 0.0133 e. The third-order valence-electron chi connectivity index (χ3n) is 10.3.